The quantitative estimate of drug-likeness (QED) is 0.854. The molecule has 0 spiro atoms. The van der Waals surface area contributed by atoms with Crippen LogP contribution in [0.1, 0.15) is 41.8 Å². The summed E-state index contributed by atoms with van der Waals surface area (Å²) in [5.41, 5.74) is 1.33. The van der Waals surface area contributed by atoms with Gasteiger partial charge in [0.05, 0.1) is 5.01 Å². The third-order valence-corrected chi connectivity index (χ3v) is 4.08. The van der Waals surface area contributed by atoms with Gasteiger partial charge in [-0.25, -0.2) is 4.98 Å². The van der Waals surface area contributed by atoms with Crippen LogP contribution in [0.3, 0.4) is 0 Å². The number of hydrogen-bond acceptors (Lipinski definition) is 3. The zero-order valence-electron chi connectivity index (χ0n) is 11.0. The number of benzene rings is 1. The number of hydrogen-bond donors (Lipinski definition) is 1. The van der Waals surface area contributed by atoms with E-state index in [9.17, 15) is 0 Å². The predicted octanol–water partition coefficient (Wildman–Crippen LogP) is 3.79. The van der Waals surface area contributed by atoms with Crippen LogP contribution in [0.25, 0.3) is 0 Å². The molecule has 1 atom stereocenters. The van der Waals surface area contributed by atoms with Crippen molar-refractivity contribution in [2.45, 2.75) is 32.7 Å². The highest BCUT2D eigenvalue weighted by molar-refractivity contribution is 7.11. The molecule has 0 saturated carbocycles. The monoisotopic (exact) mass is 260 g/mol. The number of aromatic nitrogens is 1. The van der Waals surface area contributed by atoms with E-state index in [4.69, 9.17) is 0 Å². The van der Waals surface area contributed by atoms with Crippen LogP contribution in [0.2, 0.25) is 0 Å². The molecule has 0 aliphatic rings. The first-order chi connectivity index (χ1) is 8.79. The lowest BCUT2D eigenvalue weighted by Crippen LogP contribution is -2.18. The van der Waals surface area contributed by atoms with Gasteiger partial charge >= 0.3 is 0 Å². The van der Waals surface area contributed by atoms with E-state index in [0.29, 0.717) is 6.04 Å². The minimum atomic E-state index is 0.409. The van der Waals surface area contributed by atoms with E-state index >= 15 is 0 Å². The molecule has 2 rings (SSSR count). The van der Waals surface area contributed by atoms with Gasteiger partial charge in [-0.3, -0.25) is 0 Å². The van der Waals surface area contributed by atoms with Crippen molar-refractivity contribution in [3.63, 3.8) is 0 Å². The van der Waals surface area contributed by atoms with Crippen LogP contribution in [0.4, 0.5) is 0 Å². The SMILES string of the molecule is CCCNC(C)c1cnc(Cc2ccccc2)s1. The molecule has 0 fully saturated rings. The molecule has 1 aromatic heterocycles. The molecular formula is C15H20N2S. The van der Waals surface area contributed by atoms with Crippen molar-refractivity contribution in [1.29, 1.82) is 0 Å². The molecule has 0 aliphatic carbocycles. The maximum absolute atomic E-state index is 4.52. The molecule has 0 aliphatic heterocycles. The highest BCUT2D eigenvalue weighted by Gasteiger charge is 2.09. The summed E-state index contributed by atoms with van der Waals surface area (Å²) in [7, 11) is 0. The average molecular weight is 260 g/mol. The number of rotatable bonds is 6. The fourth-order valence-corrected chi connectivity index (χ4v) is 2.82. The van der Waals surface area contributed by atoms with Crippen LogP contribution in [0.15, 0.2) is 36.5 Å². The molecule has 0 saturated heterocycles. The van der Waals surface area contributed by atoms with Gasteiger partial charge in [-0.15, -0.1) is 11.3 Å². The Kier molecular flexibility index (Phi) is 4.90. The third kappa shape index (κ3) is 3.65. The molecule has 2 aromatic rings. The van der Waals surface area contributed by atoms with Gasteiger partial charge in [-0.2, -0.15) is 0 Å². The van der Waals surface area contributed by atoms with Crippen LogP contribution in [-0.2, 0) is 6.42 Å². The fourth-order valence-electron chi connectivity index (χ4n) is 1.84. The van der Waals surface area contributed by atoms with Gasteiger partial charge in [0.15, 0.2) is 0 Å². The maximum atomic E-state index is 4.52. The van der Waals surface area contributed by atoms with E-state index in [1.807, 2.05) is 23.6 Å². The van der Waals surface area contributed by atoms with E-state index in [0.717, 1.165) is 13.0 Å². The minimum Gasteiger partial charge on any atom is -0.309 e. The molecule has 3 heteroatoms. The summed E-state index contributed by atoms with van der Waals surface area (Å²) >= 11 is 1.81. The minimum absolute atomic E-state index is 0.409. The highest BCUT2D eigenvalue weighted by Crippen LogP contribution is 2.22. The molecule has 1 aromatic carbocycles. The Balaban J connectivity index is 1.98. The molecule has 0 radical (unpaired) electrons. The van der Waals surface area contributed by atoms with Gasteiger partial charge < -0.3 is 5.32 Å². The van der Waals surface area contributed by atoms with Crippen LogP contribution >= 0.6 is 11.3 Å². The first-order valence-corrected chi connectivity index (χ1v) is 7.33. The molecule has 96 valence electrons. The number of nitrogens with zero attached hydrogens (tertiary/aromatic N) is 1. The van der Waals surface area contributed by atoms with Crippen molar-refractivity contribution in [1.82, 2.24) is 10.3 Å². The number of thiazole rings is 1. The molecule has 1 unspecified atom stereocenters. The summed E-state index contributed by atoms with van der Waals surface area (Å²) in [6, 6.07) is 10.9. The summed E-state index contributed by atoms with van der Waals surface area (Å²) in [4.78, 5) is 5.85. The van der Waals surface area contributed by atoms with Crippen LogP contribution < -0.4 is 5.32 Å². The lowest BCUT2D eigenvalue weighted by Gasteiger charge is -2.09. The second-order valence-corrected chi connectivity index (χ2v) is 5.64. The predicted molar refractivity (Wildman–Crippen MR) is 78.1 cm³/mol. The number of nitrogens with one attached hydrogen (secondary N) is 1. The summed E-state index contributed by atoms with van der Waals surface area (Å²) in [6.07, 6.45) is 4.11. The van der Waals surface area contributed by atoms with E-state index < -0.39 is 0 Å². The molecule has 0 amide bonds. The van der Waals surface area contributed by atoms with Gasteiger partial charge in [0, 0.05) is 23.5 Å². The van der Waals surface area contributed by atoms with Crippen molar-refractivity contribution in [3.8, 4) is 0 Å². The zero-order chi connectivity index (χ0) is 12.8. The average Bonchev–Trinajstić information content (AvgIpc) is 2.86. The van der Waals surface area contributed by atoms with Crippen molar-refractivity contribution in [2.24, 2.45) is 0 Å². The van der Waals surface area contributed by atoms with Crippen LogP contribution in [0.5, 0.6) is 0 Å². The van der Waals surface area contributed by atoms with E-state index in [1.54, 1.807) is 0 Å². The third-order valence-electron chi connectivity index (χ3n) is 2.90. The van der Waals surface area contributed by atoms with Crippen molar-refractivity contribution in [3.05, 3.63) is 52.0 Å². The van der Waals surface area contributed by atoms with Gasteiger partial charge in [0.25, 0.3) is 0 Å². The van der Waals surface area contributed by atoms with Gasteiger partial charge in [-0.1, -0.05) is 37.3 Å². The Morgan fingerprint density at radius 2 is 2.06 bits per heavy atom. The van der Waals surface area contributed by atoms with Crippen LogP contribution in [-0.4, -0.2) is 11.5 Å². The van der Waals surface area contributed by atoms with Gasteiger partial charge in [-0.05, 0) is 25.5 Å². The first-order valence-electron chi connectivity index (χ1n) is 6.51. The second kappa shape index (κ2) is 6.66. The summed E-state index contributed by atoms with van der Waals surface area (Å²) in [6.45, 7) is 5.45. The molecule has 18 heavy (non-hydrogen) atoms. The molecule has 2 nitrogen and oxygen atoms in total. The molecular weight excluding hydrogens is 240 g/mol. The topological polar surface area (TPSA) is 24.9 Å². The van der Waals surface area contributed by atoms with E-state index in [-0.39, 0.29) is 0 Å². The molecule has 1 N–H and O–H groups in total. The Bertz CT molecular complexity index is 464. The van der Waals surface area contributed by atoms with Crippen molar-refractivity contribution < 1.29 is 0 Å². The molecule has 0 bridgehead atoms. The highest BCUT2D eigenvalue weighted by atomic mass is 32.1. The second-order valence-electron chi connectivity index (χ2n) is 4.49. The first kappa shape index (κ1) is 13.2. The fraction of sp³-hybridized carbons (Fsp3) is 0.400. The summed E-state index contributed by atoms with van der Waals surface area (Å²) in [5.74, 6) is 0. The summed E-state index contributed by atoms with van der Waals surface area (Å²) in [5, 5.41) is 4.69. The Morgan fingerprint density at radius 3 is 2.78 bits per heavy atom. The zero-order valence-corrected chi connectivity index (χ0v) is 11.8. The van der Waals surface area contributed by atoms with E-state index in [1.165, 1.54) is 21.9 Å². The Labute approximate surface area is 113 Å². The maximum Gasteiger partial charge on any atom is 0.0972 e. The Morgan fingerprint density at radius 1 is 1.28 bits per heavy atom. The van der Waals surface area contributed by atoms with Gasteiger partial charge in [0.2, 0.25) is 0 Å². The van der Waals surface area contributed by atoms with Crippen molar-refractivity contribution >= 4 is 11.3 Å². The molecule has 1 heterocycles. The van der Waals surface area contributed by atoms with Gasteiger partial charge in [0.1, 0.15) is 0 Å². The lowest BCUT2D eigenvalue weighted by molar-refractivity contribution is 0.577. The smallest absolute Gasteiger partial charge is 0.0972 e. The van der Waals surface area contributed by atoms with E-state index in [2.05, 4.69) is 48.4 Å². The summed E-state index contributed by atoms with van der Waals surface area (Å²) < 4.78 is 0. The Hall–Kier alpha value is -1.19. The largest absolute Gasteiger partial charge is 0.309 e. The standard InChI is InChI=1S/C15H20N2S/c1-3-9-16-12(2)14-11-17-15(18-14)10-13-7-5-4-6-8-13/h4-8,11-12,16H,3,9-10H2,1-2H3. The van der Waals surface area contributed by atoms with Crippen LogP contribution in [0, 0.1) is 0 Å². The normalized spacial score (nSPS) is 12.6. The van der Waals surface area contributed by atoms with Crippen molar-refractivity contribution in [2.75, 3.05) is 6.54 Å². The lowest BCUT2D eigenvalue weighted by atomic mass is 10.2.